The van der Waals surface area contributed by atoms with Gasteiger partial charge >= 0.3 is 0 Å². The third kappa shape index (κ3) is 2.73. The summed E-state index contributed by atoms with van der Waals surface area (Å²) < 4.78 is 0. The summed E-state index contributed by atoms with van der Waals surface area (Å²) in [5, 5.41) is 7.61. The van der Waals surface area contributed by atoms with Gasteiger partial charge in [-0.25, -0.2) is 0 Å². The highest BCUT2D eigenvalue weighted by molar-refractivity contribution is 7.08. The van der Waals surface area contributed by atoms with Gasteiger partial charge in [-0.1, -0.05) is 24.3 Å². The smallest absolute Gasteiger partial charge is 0.226 e. The zero-order valence-electron chi connectivity index (χ0n) is 14.5. The third-order valence-electron chi connectivity index (χ3n) is 6.81. The van der Waals surface area contributed by atoms with E-state index in [0.717, 1.165) is 37.0 Å². The average molecular weight is 352 g/mol. The first-order chi connectivity index (χ1) is 12.2. The molecule has 1 heterocycles. The monoisotopic (exact) mass is 351 g/mol. The second-order valence-electron chi connectivity index (χ2n) is 8.55. The molecule has 2 aromatic rings. The summed E-state index contributed by atoms with van der Waals surface area (Å²) in [5.74, 6) is 2.77. The Balaban J connectivity index is 1.33. The number of nitrogens with one attached hydrogen (secondary N) is 1. The number of benzene rings is 1. The minimum Gasteiger partial charge on any atom is -0.352 e. The van der Waals surface area contributed by atoms with Gasteiger partial charge in [0, 0.05) is 12.0 Å². The van der Waals surface area contributed by atoms with E-state index < -0.39 is 0 Å². The largest absolute Gasteiger partial charge is 0.352 e. The summed E-state index contributed by atoms with van der Waals surface area (Å²) in [6.45, 7) is 0.645. The highest BCUT2D eigenvalue weighted by Gasteiger charge is 2.54. The van der Waals surface area contributed by atoms with Crippen molar-refractivity contribution < 1.29 is 4.79 Å². The molecule has 130 valence electrons. The van der Waals surface area contributed by atoms with Crippen LogP contribution in [-0.2, 0) is 11.3 Å². The first-order valence-electron chi connectivity index (χ1n) is 9.61. The molecule has 1 aromatic heterocycles. The summed E-state index contributed by atoms with van der Waals surface area (Å²) >= 11 is 1.72. The zero-order valence-corrected chi connectivity index (χ0v) is 15.4. The van der Waals surface area contributed by atoms with Crippen molar-refractivity contribution in [2.45, 2.75) is 45.1 Å². The van der Waals surface area contributed by atoms with Crippen LogP contribution in [0, 0.1) is 23.2 Å². The molecule has 4 bridgehead atoms. The molecule has 4 aliphatic rings. The molecule has 25 heavy (non-hydrogen) atoms. The van der Waals surface area contributed by atoms with Gasteiger partial charge in [0.25, 0.3) is 0 Å². The number of rotatable bonds is 4. The van der Waals surface area contributed by atoms with E-state index >= 15 is 0 Å². The van der Waals surface area contributed by atoms with E-state index in [2.05, 4.69) is 46.4 Å². The van der Waals surface area contributed by atoms with Crippen molar-refractivity contribution in [2.75, 3.05) is 0 Å². The second-order valence-corrected chi connectivity index (χ2v) is 9.33. The molecule has 4 saturated carbocycles. The van der Waals surface area contributed by atoms with E-state index in [0.29, 0.717) is 12.5 Å². The maximum Gasteiger partial charge on any atom is 0.226 e. The molecule has 1 aromatic carbocycles. The van der Waals surface area contributed by atoms with E-state index in [1.807, 2.05) is 0 Å². The maximum atomic E-state index is 13.2. The van der Waals surface area contributed by atoms with Gasteiger partial charge < -0.3 is 5.32 Å². The van der Waals surface area contributed by atoms with Crippen molar-refractivity contribution >= 4 is 17.2 Å². The van der Waals surface area contributed by atoms with Crippen LogP contribution in [0.4, 0.5) is 0 Å². The van der Waals surface area contributed by atoms with Gasteiger partial charge in [0.05, 0.1) is 0 Å². The van der Waals surface area contributed by atoms with Gasteiger partial charge in [0.1, 0.15) is 0 Å². The van der Waals surface area contributed by atoms with Crippen molar-refractivity contribution in [3.63, 3.8) is 0 Å². The number of thiophene rings is 1. The van der Waals surface area contributed by atoms with Crippen molar-refractivity contribution in [3.8, 4) is 11.1 Å². The van der Waals surface area contributed by atoms with E-state index in [4.69, 9.17) is 0 Å². The fraction of sp³-hybridized carbons (Fsp3) is 0.500. The Kier molecular flexibility index (Phi) is 3.74. The van der Waals surface area contributed by atoms with Gasteiger partial charge in [-0.15, -0.1) is 0 Å². The zero-order chi connectivity index (χ0) is 16.9. The second kappa shape index (κ2) is 5.98. The van der Waals surface area contributed by atoms with Crippen LogP contribution in [0.2, 0.25) is 0 Å². The molecule has 1 N–H and O–H groups in total. The minimum atomic E-state index is -0.0495. The Morgan fingerprint density at radius 1 is 1.04 bits per heavy atom. The quantitative estimate of drug-likeness (QED) is 0.801. The predicted molar refractivity (Wildman–Crippen MR) is 102 cm³/mol. The van der Waals surface area contributed by atoms with Crippen LogP contribution in [0.5, 0.6) is 0 Å². The first kappa shape index (κ1) is 15.6. The maximum absolute atomic E-state index is 13.2. The highest BCUT2D eigenvalue weighted by atomic mass is 32.1. The minimum absolute atomic E-state index is 0.0495. The molecule has 0 spiro atoms. The molecule has 2 nitrogen and oxygen atoms in total. The lowest BCUT2D eigenvalue weighted by Crippen LogP contribution is -2.53. The van der Waals surface area contributed by atoms with Crippen molar-refractivity contribution in [1.29, 1.82) is 0 Å². The molecule has 1 amide bonds. The SMILES string of the molecule is O=C(NCc1ccccc1-c1ccsc1)C12CC3CC(CC(C3)C1)C2. The van der Waals surface area contributed by atoms with Gasteiger partial charge in [-0.3, -0.25) is 4.79 Å². The lowest BCUT2D eigenvalue weighted by Gasteiger charge is -2.55. The Hall–Kier alpha value is -1.61. The number of amides is 1. The summed E-state index contributed by atoms with van der Waals surface area (Å²) in [4.78, 5) is 13.2. The van der Waals surface area contributed by atoms with Gasteiger partial charge in [0.15, 0.2) is 0 Å². The highest BCUT2D eigenvalue weighted by Crippen LogP contribution is 2.60. The van der Waals surface area contributed by atoms with Crippen LogP contribution in [-0.4, -0.2) is 5.91 Å². The van der Waals surface area contributed by atoms with Crippen molar-refractivity contribution in [1.82, 2.24) is 5.32 Å². The normalized spacial score (nSPS) is 32.7. The van der Waals surface area contributed by atoms with E-state index in [-0.39, 0.29) is 5.41 Å². The van der Waals surface area contributed by atoms with Crippen LogP contribution in [0.3, 0.4) is 0 Å². The van der Waals surface area contributed by atoms with Crippen LogP contribution in [0.15, 0.2) is 41.1 Å². The first-order valence-corrected chi connectivity index (χ1v) is 10.5. The summed E-state index contributed by atoms with van der Waals surface area (Å²) in [6, 6.07) is 10.6. The number of hydrogen-bond donors (Lipinski definition) is 1. The molecule has 4 aliphatic carbocycles. The van der Waals surface area contributed by atoms with Gasteiger partial charge in [-0.2, -0.15) is 11.3 Å². The molecule has 4 fully saturated rings. The fourth-order valence-electron chi connectivity index (χ4n) is 6.13. The lowest BCUT2D eigenvalue weighted by atomic mass is 9.49. The van der Waals surface area contributed by atoms with Gasteiger partial charge in [-0.05, 0) is 89.8 Å². The Morgan fingerprint density at radius 2 is 1.72 bits per heavy atom. The molecule has 0 radical (unpaired) electrons. The number of hydrogen-bond acceptors (Lipinski definition) is 2. The summed E-state index contributed by atoms with van der Waals surface area (Å²) in [5.41, 5.74) is 3.67. The Morgan fingerprint density at radius 3 is 2.36 bits per heavy atom. The van der Waals surface area contributed by atoms with Crippen LogP contribution >= 0.6 is 11.3 Å². The average Bonchev–Trinajstić information content (AvgIpc) is 3.13. The molecule has 6 rings (SSSR count). The molecule has 0 saturated heterocycles. The van der Waals surface area contributed by atoms with Crippen molar-refractivity contribution in [3.05, 3.63) is 46.7 Å². The molecule has 0 unspecified atom stereocenters. The lowest BCUT2D eigenvalue weighted by molar-refractivity contribution is -0.146. The summed E-state index contributed by atoms with van der Waals surface area (Å²) in [7, 11) is 0. The van der Waals surface area contributed by atoms with Crippen LogP contribution in [0.1, 0.15) is 44.1 Å². The Labute approximate surface area is 153 Å². The predicted octanol–water partition coefficient (Wildman–Crippen LogP) is 5.25. The number of carbonyl (C=O) groups excluding carboxylic acids is 1. The van der Waals surface area contributed by atoms with E-state index in [9.17, 15) is 4.79 Å². The van der Waals surface area contributed by atoms with E-state index in [1.165, 1.54) is 36.0 Å². The molecule has 3 heteroatoms. The Bertz CT molecular complexity index is 744. The van der Waals surface area contributed by atoms with Crippen molar-refractivity contribution in [2.24, 2.45) is 23.2 Å². The summed E-state index contributed by atoms with van der Waals surface area (Å²) in [6.07, 6.45) is 7.56. The molecule has 0 aliphatic heterocycles. The topological polar surface area (TPSA) is 29.1 Å². The van der Waals surface area contributed by atoms with E-state index in [1.54, 1.807) is 11.3 Å². The molecular weight excluding hydrogens is 326 g/mol. The molecule has 0 atom stereocenters. The fourth-order valence-corrected chi connectivity index (χ4v) is 6.78. The van der Waals surface area contributed by atoms with Crippen LogP contribution < -0.4 is 5.32 Å². The third-order valence-corrected chi connectivity index (χ3v) is 7.49. The van der Waals surface area contributed by atoms with Gasteiger partial charge in [0.2, 0.25) is 5.91 Å². The number of carbonyl (C=O) groups is 1. The van der Waals surface area contributed by atoms with Crippen LogP contribution in [0.25, 0.3) is 11.1 Å². The molecular formula is C22H25NOS. The standard InChI is InChI=1S/C22H25NOS/c24-21(22-10-15-7-16(11-22)9-17(8-15)12-22)23-13-18-3-1-2-4-20(18)19-5-6-25-14-19/h1-6,14-17H,7-13H2,(H,23,24).